The number of aliphatic hydroxyl groups is 1. The van der Waals surface area contributed by atoms with Gasteiger partial charge in [0.1, 0.15) is 0 Å². The zero-order valence-electron chi connectivity index (χ0n) is 28.3. The molecule has 0 saturated carbocycles. The van der Waals surface area contributed by atoms with Crippen LogP contribution in [0.3, 0.4) is 0 Å². The van der Waals surface area contributed by atoms with Gasteiger partial charge in [0, 0.05) is 13.3 Å². The van der Waals surface area contributed by atoms with E-state index in [2.05, 4.69) is 20.8 Å². The first kappa shape index (κ1) is 42.5. The Balaban J connectivity index is 0. The highest BCUT2D eigenvalue weighted by Gasteiger charge is 2.46. The highest BCUT2D eigenvalue weighted by atomic mass is 79.9. The van der Waals surface area contributed by atoms with Gasteiger partial charge in [0.15, 0.2) is 6.23 Å². The first-order chi connectivity index (χ1) is 18.8. The highest BCUT2D eigenvalue weighted by Crippen LogP contribution is 2.26. The fraction of sp³-hybridized carbons (Fsp3) is 1.00. The Bertz CT molecular complexity index is 501. The molecule has 2 atom stereocenters. The number of nitrogens with zero attached hydrogens (tertiary/aromatic N) is 1. The smallest absolute Gasteiger partial charge is 0.315 e. The number of unbranched alkanes of at least 4 members (excludes halogenated alkanes) is 22. The average molecular weight is 637 g/mol. The fourth-order valence-corrected chi connectivity index (χ4v) is 5.57. The Hall–Kier alpha value is 0.320. The lowest BCUT2D eigenvalue weighted by molar-refractivity contribution is -1.03. The van der Waals surface area contributed by atoms with E-state index in [4.69, 9.17) is 9.47 Å². The van der Waals surface area contributed by atoms with Crippen LogP contribution in [-0.4, -0.2) is 49.0 Å². The van der Waals surface area contributed by atoms with Gasteiger partial charge in [-0.05, 0) is 12.8 Å². The van der Waals surface area contributed by atoms with Crippen LogP contribution in [-0.2, 0) is 9.47 Å². The second-order valence-corrected chi connectivity index (χ2v) is 12.8. The van der Waals surface area contributed by atoms with Gasteiger partial charge < -0.3 is 31.6 Å². The molecule has 0 rings (SSSR count). The number of quaternary nitrogens is 1. The van der Waals surface area contributed by atoms with Crippen molar-refractivity contribution in [2.45, 2.75) is 200 Å². The van der Waals surface area contributed by atoms with Crippen molar-refractivity contribution in [2.24, 2.45) is 0 Å². The van der Waals surface area contributed by atoms with Crippen molar-refractivity contribution in [1.82, 2.24) is 0 Å². The van der Waals surface area contributed by atoms with Gasteiger partial charge in [0.2, 0.25) is 0 Å². The minimum Gasteiger partial charge on any atom is -1.00 e. The van der Waals surface area contributed by atoms with Gasteiger partial charge in [0.25, 0.3) is 0 Å². The SMILES string of the molecule is CCCCCCCCCCCCCCOC(CC)[N+](C)(C)C(C)(O)OCCCCCCCCCCCCCC.[Br-]. The van der Waals surface area contributed by atoms with Crippen molar-refractivity contribution in [1.29, 1.82) is 0 Å². The number of rotatable bonds is 31. The molecule has 4 nitrogen and oxygen atoms in total. The third-order valence-electron chi connectivity index (χ3n) is 8.82. The molecule has 0 aliphatic rings. The molecule has 40 heavy (non-hydrogen) atoms. The lowest BCUT2D eigenvalue weighted by atomic mass is 10.1. The van der Waals surface area contributed by atoms with E-state index < -0.39 is 5.91 Å². The summed E-state index contributed by atoms with van der Waals surface area (Å²) in [6, 6.07) is 0. The van der Waals surface area contributed by atoms with Crippen molar-refractivity contribution in [3.8, 4) is 0 Å². The Morgan fingerprint density at radius 3 is 1.15 bits per heavy atom. The quantitative estimate of drug-likeness (QED) is 0.0478. The van der Waals surface area contributed by atoms with Crippen LogP contribution in [0.4, 0.5) is 0 Å². The maximum absolute atomic E-state index is 11.2. The molecule has 0 fully saturated rings. The van der Waals surface area contributed by atoms with E-state index in [0.29, 0.717) is 11.1 Å². The third-order valence-corrected chi connectivity index (χ3v) is 8.82. The van der Waals surface area contributed by atoms with Crippen LogP contribution in [0, 0.1) is 0 Å². The van der Waals surface area contributed by atoms with E-state index in [-0.39, 0.29) is 23.2 Å². The molecular weight excluding hydrogens is 562 g/mol. The van der Waals surface area contributed by atoms with Crippen LogP contribution >= 0.6 is 0 Å². The van der Waals surface area contributed by atoms with E-state index in [9.17, 15) is 5.11 Å². The van der Waals surface area contributed by atoms with Crippen molar-refractivity contribution in [3.63, 3.8) is 0 Å². The predicted molar refractivity (Wildman–Crippen MR) is 171 cm³/mol. The minimum absolute atomic E-state index is 0. The van der Waals surface area contributed by atoms with Crippen LogP contribution in [0.2, 0.25) is 0 Å². The molecule has 2 unspecified atom stereocenters. The third kappa shape index (κ3) is 22.9. The summed E-state index contributed by atoms with van der Waals surface area (Å²) in [7, 11) is 4.08. The van der Waals surface area contributed by atoms with Gasteiger partial charge in [-0.3, -0.25) is 4.48 Å². The molecule has 0 amide bonds. The molecule has 0 aromatic carbocycles. The lowest BCUT2D eigenvalue weighted by Gasteiger charge is -2.46. The van der Waals surface area contributed by atoms with Gasteiger partial charge in [-0.15, -0.1) is 0 Å². The van der Waals surface area contributed by atoms with Crippen LogP contribution in [0.5, 0.6) is 0 Å². The van der Waals surface area contributed by atoms with Crippen LogP contribution in [0.1, 0.15) is 188 Å². The second-order valence-electron chi connectivity index (χ2n) is 12.8. The summed E-state index contributed by atoms with van der Waals surface area (Å²) >= 11 is 0. The average Bonchev–Trinajstić information content (AvgIpc) is 2.91. The van der Waals surface area contributed by atoms with Crippen LogP contribution in [0.25, 0.3) is 0 Å². The lowest BCUT2D eigenvalue weighted by Crippen LogP contribution is -3.00. The van der Waals surface area contributed by atoms with Crippen molar-refractivity contribution >= 4 is 0 Å². The topological polar surface area (TPSA) is 38.7 Å². The number of hydrogen-bond acceptors (Lipinski definition) is 3. The zero-order chi connectivity index (χ0) is 29.1. The number of halogens is 1. The first-order valence-electron chi connectivity index (χ1n) is 17.6. The summed E-state index contributed by atoms with van der Waals surface area (Å²) in [5, 5.41) is 11.2. The maximum atomic E-state index is 11.2. The highest BCUT2D eigenvalue weighted by molar-refractivity contribution is 4.54. The number of ether oxygens (including phenoxy) is 2. The molecule has 0 aliphatic heterocycles. The van der Waals surface area contributed by atoms with E-state index in [1.807, 2.05) is 21.0 Å². The molecule has 0 aromatic heterocycles. The molecule has 0 aliphatic carbocycles. The molecule has 5 heteroatoms. The Morgan fingerprint density at radius 1 is 0.525 bits per heavy atom. The van der Waals surface area contributed by atoms with Crippen LogP contribution < -0.4 is 17.0 Å². The normalized spacial score (nSPS) is 14.2. The van der Waals surface area contributed by atoms with Gasteiger partial charge >= 0.3 is 5.91 Å². The molecule has 0 bridgehead atoms. The van der Waals surface area contributed by atoms with Gasteiger partial charge in [-0.2, -0.15) is 0 Å². The molecular formula is C35H74BrNO3. The minimum atomic E-state index is -1.24. The molecule has 0 aromatic rings. The summed E-state index contributed by atoms with van der Waals surface area (Å²) in [6.07, 6.45) is 33.0. The van der Waals surface area contributed by atoms with Gasteiger partial charge in [-0.25, -0.2) is 0 Å². The maximum Gasteiger partial charge on any atom is 0.315 e. The number of hydrogen-bond donors (Lipinski definition) is 1. The first-order valence-corrected chi connectivity index (χ1v) is 17.6. The van der Waals surface area contributed by atoms with E-state index in [1.165, 1.54) is 141 Å². The second kappa shape index (κ2) is 29.4. The van der Waals surface area contributed by atoms with Crippen LogP contribution in [0.15, 0.2) is 0 Å². The predicted octanol–water partition coefficient (Wildman–Crippen LogP) is 7.90. The Kier molecular flexibility index (Phi) is 31.2. The van der Waals surface area contributed by atoms with Crippen molar-refractivity contribution < 1.29 is 36.0 Å². The molecule has 0 radical (unpaired) electrons. The van der Waals surface area contributed by atoms with Gasteiger partial charge in [-0.1, -0.05) is 162 Å². The van der Waals surface area contributed by atoms with E-state index >= 15 is 0 Å². The Labute approximate surface area is 263 Å². The molecule has 0 saturated heterocycles. The summed E-state index contributed by atoms with van der Waals surface area (Å²) < 4.78 is 12.6. The zero-order valence-corrected chi connectivity index (χ0v) is 29.8. The molecule has 0 heterocycles. The van der Waals surface area contributed by atoms with Gasteiger partial charge in [0.05, 0.1) is 27.3 Å². The monoisotopic (exact) mass is 635 g/mol. The molecule has 244 valence electrons. The Morgan fingerprint density at radius 2 is 0.825 bits per heavy atom. The van der Waals surface area contributed by atoms with E-state index in [1.54, 1.807) is 0 Å². The van der Waals surface area contributed by atoms with Crippen molar-refractivity contribution in [2.75, 3.05) is 27.3 Å². The molecule has 1 N–H and O–H groups in total. The standard InChI is InChI=1S/C35H74NO3.BrH/c1-7-10-12-14-16-18-20-22-24-26-28-30-32-38-34(9-3)36(5,6)35(4,37)39-33-31-29-27-25-23-21-19-17-15-13-11-8-2;/h34,37H,7-33H2,1-6H3;1H/q+1;/p-1. The van der Waals surface area contributed by atoms with Crippen molar-refractivity contribution in [3.05, 3.63) is 0 Å². The summed E-state index contributed by atoms with van der Waals surface area (Å²) in [6.45, 7) is 9.90. The summed E-state index contributed by atoms with van der Waals surface area (Å²) in [4.78, 5) is 0. The summed E-state index contributed by atoms with van der Waals surface area (Å²) in [5.74, 6) is -1.24. The van der Waals surface area contributed by atoms with E-state index in [0.717, 1.165) is 25.9 Å². The summed E-state index contributed by atoms with van der Waals surface area (Å²) in [5.41, 5.74) is 0. The molecule has 0 spiro atoms. The fourth-order valence-electron chi connectivity index (χ4n) is 5.57. The largest absolute Gasteiger partial charge is 1.00 e.